The fourth-order valence-corrected chi connectivity index (χ4v) is 3.48. The first-order valence-electron chi connectivity index (χ1n) is 8.92. The lowest BCUT2D eigenvalue weighted by atomic mass is 9.99. The summed E-state index contributed by atoms with van der Waals surface area (Å²) in [6.45, 7) is 2.65. The maximum atomic E-state index is 13.0. The Bertz CT molecular complexity index is 585. The molecular weight excluding hydrogens is 322 g/mol. The van der Waals surface area contributed by atoms with E-state index in [0.29, 0.717) is 31.8 Å². The number of aliphatic carboxylic acids is 1. The zero-order chi connectivity index (χ0) is 17.6. The molecule has 0 aliphatic carbocycles. The van der Waals surface area contributed by atoms with Gasteiger partial charge in [-0.25, -0.2) is 4.79 Å². The Hall–Kier alpha value is -1.92. The van der Waals surface area contributed by atoms with Gasteiger partial charge in [0, 0.05) is 26.3 Å². The molecule has 1 amide bonds. The van der Waals surface area contributed by atoms with Crippen LogP contribution < -0.4 is 0 Å². The average molecular weight is 347 g/mol. The molecular formula is C19H25NO5. The van der Waals surface area contributed by atoms with E-state index < -0.39 is 18.2 Å². The maximum Gasteiger partial charge on any atom is 0.332 e. The predicted molar refractivity (Wildman–Crippen MR) is 90.9 cm³/mol. The summed E-state index contributed by atoms with van der Waals surface area (Å²) >= 11 is 0. The second-order valence-corrected chi connectivity index (χ2v) is 6.79. The van der Waals surface area contributed by atoms with Gasteiger partial charge >= 0.3 is 5.97 Å². The molecule has 0 unspecified atom stereocenters. The zero-order valence-electron chi connectivity index (χ0n) is 14.3. The molecule has 136 valence electrons. The third-order valence-corrected chi connectivity index (χ3v) is 4.92. The van der Waals surface area contributed by atoms with Crippen LogP contribution in [0.25, 0.3) is 0 Å². The van der Waals surface area contributed by atoms with Crippen molar-refractivity contribution in [2.24, 2.45) is 5.92 Å². The molecule has 2 fully saturated rings. The standard InChI is InChI=1S/C19H25NO5/c21-18(16-6-7-17(25-16)19(22)23)20(12-14-4-2-1-3-5-14)13-15-8-10-24-11-9-15/h1-5,15-17H,6-13H2,(H,22,23)/t16-,17+/m0/s1. The van der Waals surface area contributed by atoms with Crippen molar-refractivity contribution in [1.29, 1.82) is 0 Å². The number of hydrogen-bond acceptors (Lipinski definition) is 4. The van der Waals surface area contributed by atoms with Gasteiger partial charge in [0.2, 0.25) is 0 Å². The first-order valence-corrected chi connectivity index (χ1v) is 8.92. The number of hydrogen-bond donors (Lipinski definition) is 1. The average Bonchev–Trinajstić information content (AvgIpc) is 3.13. The number of carbonyl (C=O) groups is 2. The van der Waals surface area contributed by atoms with Crippen LogP contribution in [0.4, 0.5) is 0 Å². The molecule has 0 aromatic heterocycles. The topological polar surface area (TPSA) is 76.1 Å². The highest BCUT2D eigenvalue weighted by atomic mass is 16.5. The van der Waals surface area contributed by atoms with Crippen molar-refractivity contribution in [2.75, 3.05) is 19.8 Å². The number of benzene rings is 1. The summed E-state index contributed by atoms with van der Waals surface area (Å²) < 4.78 is 10.9. The SMILES string of the molecule is O=C(O)[C@H]1CC[C@@H](C(=O)N(Cc2ccccc2)CC2CCOCC2)O1. The van der Waals surface area contributed by atoms with E-state index in [0.717, 1.165) is 31.6 Å². The monoisotopic (exact) mass is 347 g/mol. The molecule has 1 aromatic rings. The molecule has 6 nitrogen and oxygen atoms in total. The Morgan fingerprint density at radius 1 is 1.04 bits per heavy atom. The van der Waals surface area contributed by atoms with Gasteiger partial charge in [-0.05, 0) is 37.2 Å². The lowest BCUT2D eigenvalue weighted by Crippen LogP contribution is -2.42. The number of carboxylic acid groups (broad SMARTS) is 1. The maximum absolute atomic E-state index is 13.0. The lowest BCUT2D eigenvalue weighted by Gasteiger charge is -2.31. The van der Waals surface area contributed by atoms with E-state index in [-0.39, 0.29) is 5.91 Å². The summed E-state index contributed by atoms with van der Waals surface area (Å²) in [5.74, 6) is -0.675. The molecule has 0 radical (unpaired) electrons. The number of rotatable bonds is 6. The van der Waals surface area contributed by atoms with Gasteiger partial charge in [0.1, 0.15) is 6.10 Å². The lowest BCUT2D eigenvalue weighted by molar-refractivity contribution is -0.155. The predicted octanol–water partition coefficient (Wildman–Crippen LogP) is 2.07. The zero-order valence-corrected chi connectivity index (χ0v) is 14.3. The van der Waals surface area contributed by atoms with E-state index in [4.69, 9.17) is 14.6 Å². The van der Waals surface area contributed by atoms with E-state index in [1.807, 2.05) is 35.2 Å². The van der Waals surface area contributed by atoms with E-state index in [1.165, 1.54) is 0 Å². The minimum Gasteiger partial charge on any atom is -0.479 e. The summed E-state index contributed by atoms with van der Waals surface area (Å²) in [4.78, 5) is 25.9. The number of nitrogens with zero attached hydrogens (tertiary/aromatic N) is 1. The number of carbonyl (C=O) groups excluding carboxylic acids is 1. The van der Waals surface area contributed by atoms with Gasteiger partial charge in [0.05, 0.1) is 0 Å². The van der Waals surface area contributed by atoms with E-state index in [9.17, 15) is 9.59 Å². The molecule has 2 aliphatic rings. The van der Waals surface area contributed by atoms with Crippen molar-refractivity contribution in [3.63, 3.8) is 0 Å². The van der Waals surface area contributed by atoms with E-state index >= 15 is 0 Å². The van der Waals surface area contributed by atoms with Crippen molar-refractivity contribution in [1.82, 2.24) is 4.90 Å². The van der Waals surface area contributed by atoms with Gasteiger partial charge in [-0.2, -0.15) is 0 Å². The van der Waals surface area contributed by atoms with E-state index in [1.54, 1.807) is 0 Å². The van der Waals surface area contributed by atoms with Gasteiger partial charge in [0.15, 0.2) is 6.10 Å². The van der Waals surface area contributed by atoms with Gasteiger partial charge in [0.25, 0.3) is 5.91 Å². The Labute approximate surface area is 147 Å². The second kappa shape index (κ2) is 8.45. The van der Waals surface area contributed by atoms with Crippen molar-refractivity contribution in [2.45, 2.75) is 44.4 Å². The summed E-state index contributed by atoms with van der Waals surface area (Å²) in [5, 5.41) is 9.08. The molecule has 0 saturated carbocycles. The van der Waals surface area contributed by atoms with Gasteiger partial charge in [-0.1, -0.05) is 30.3 Å². The molecule has 3 rings (SSSR count). The van der Waals surface area contributed by atoms with Crippen LogP contribution in [0.15, 0.2) is 30.3 Å². The molecule has 2 saturated heterocycles. The summed E-state index contributed by atoms with van der Waals surface area (Å²) in [6.07, 6.45) is 1.24. The Kier molecular flexibility index (Phi) is 6.04. The van der Waals surface area contributed by atoms with Gasteiger partial charge < -0.3 is 19.5 Å². The number of carboxylic acids is 1. The molecule has 2 heterocycles. The molecule has 1 N–H and O–H groups in total. The van der Waals surface area contributed by atoms with Crippen LogP contribution >= 0.6 is 0 Å². The third-order valence-electron chi connectivity index (χ3n) is 4.92. The molecule has 0 spiro atoms. The third kappa shape index (κ3) is 4.80. The highest BCUT2D eigenvalue weighted by Gasteiger charge is 2.37. The van der Waals surface area contributed by atoms with Crippen LogP contribution in [0.1, 0.15) is 31.2 Å². The van der Waals surface area contributed by atoms with Crippen LogP contribution in [-0.4, -0.2) is 53.8 Å². The smallest absolute Gasteiger partial charge is 0.332 e. The number of amides is 1. The minimum atomic E-state index is -0.991. The Balaban J connectivity index is 1.68. The minimum absolute atomic E-state index is 0.0981. The van der Waals surface area contributed by atoms with Crippen molar-refractivity contribution in [3.05, 3.63) is 35.9 Å². The Morgan fingerprint density at radius 3 is 2.36 bits per heavy atom. The highest BCUT2D eigenvalue weighted by molar-refractivity contribution is 5.82. The normalized spacial score (nSPS) is 24.2. The van der Waals surface area contributed by atoms with Crippen molar-refractivity contribution < 1.29 is 24.2 Å². The second-order valence-electron chi connectivity index (χ2n) is 6.79. The van der Waals surface area contributed by atoms with Crippen LogP contribution in [0, 0.1) is 5.92 Å². The van der Waals surface area contributed by atoms with Crippen LogP contribution in [0.3, 0.4) is 0 Å². The Morgan fingerprint density at radius 2 is 1.72 bits per heavy atom. The van der Waals surface area contributed by atoms with Crippen LogP contribution in [-0.2, 0) is 25.6 Å². The first kappa shape index (κ1) is 17.9. The van der Waals surface area contributed by atoms with E-state index in [2.05, 4.69) is 0 Å². The molecule has 2 atom stereocenters. The highest BCUT2D eigenvalue weighted by Crippen LogP contribution is 2.24. The van der Waals surface area contributed by atoms with Crippen LogP contribution in [0.2, 0.25) is 0 Å². The summed E-state index contributed by atoms with van der Waals surface area (Å²) in [5.41, 5.74) is 1.07. The number of ether oxygens (including phenoxy) is 2. The van der Waals surface area contributed by atoms with Crippen LogP contribution in [0.5, 0.6) is 0 Å². The molecule has 1 aromatic carbocycles. The molecule has 25 heavy (non-hydrogen) atoms. The van der Waals surface area contributed by atoms with Gasteiger partial charge in [-0.15, -0.1) is 0 Å². The molecule has 2 aliphatic heterocycles. The van der Waals surface area contributed by atoms with Gasteiger partial charge in [-0.3, -0.25) is 4.79 Å². The molecule has 6 heteroatoms. The van der Waals surface area contributed by atoms with Crippen molar-refractivity contribution >= 4 is 11.9 Å². The van der Waals surface area contributed by atoms with Crippen molar-refractivity contribution in [3.8, 4) is 0 Å². The largest absolute Gasteiger partial charge is 0.479 e. The summed E-state index contributed by atoms with van der Waals surface area (Å²) in [6, 6.07) is 9.86. The first-order chi connectivity index (χ1) is 12.1. The fourth-order valence-electron chi connectivity index (χ4n) is 3.48. The molecule has 0 bridgehead atoms. The summed E-state index contributed by atoms with van der Waals surface area (Å²) in [7, 11) is 0. The quantitative estimate of drug-likeness (QED) is 0.853. The fraction of sp³-hybridized carbons (Fsp3) is 0.579.